The molecule has 0 heterocycles. The lowest BCUT2D eigenvalue weighted by molar-refractivity contribution is -0.384. The molecular formula is C18H21N3O4. The number of rotatable bonds is 8. The summed E-state index contributed by atoms with van der Waals surface area (Å²) < 4.78 is 5.25. The molecule has 0 unspecified atom stereocenters. The summed E-state index contributed by atoms with van der Waals surface area (Å²) >= 11 is 0. The highest BCUT2D eigenvalue weighted by Gasteiger charge is 2.11. The zero-order valence-electron chi connectivity index (χ0n) is 14.2. The normalized spacial score (nSPS) is 10.2. The van der Waals surface area contributed by atoms with Crippen molar-refractivity contribution in [3.05, 3.63) is 63.7 Å². The summed E-state index contributed by atoms with van der Waals surface area (Å²) in [6, 6.07) is 11.6. The van der Waals surface area contributed by atoms with Gasteiger partial charge in [-0.25, -0.2) is 0 Å². The van der Waals surface area contributed by atoms with Crippen molar-refractivity contribution in [2.24, 2.45) is 0 Å². The summed E-state index contributed by atoms with van der Waals surface area (Å²) in [7, 11) is 1.52. The van der Waals surface area contributed by atoms with E-state index >= 15 is 0 Å². The standard InChI is InChI=1S/C18H21N3O4/c1-3-9-19-18(22)13-5-4-6-15(10-13)20-12-14-11-16(21(23)24)7-8-17(14)25-2/h4-8,10-11,20H,3,9,12H2,1-2H3,(H,19,22). The first-order valence-corrected chi connectivity index (χ1v) is 7.98. The Morgan fingerprint density at radius 1 is 1.24 bits per heavy atom. The van der Waals surface area contributed by atoms with Gasteiger partial charge in [-0.2, -0.15) is 0 Å². The number of amides is 1. The molecule has 2 N–H and O–H groups in total. The maximum absolute atomic E-state index is 12.0. The fourth-order valence-electron chi connectivity index (χ4n) is 2.32. The summed E-state index contributed by atoms with van der Waals surface area (Å²) in [6.07, 6.45) is 0.871. The number of nitro benzene ring substituents is 1. The van der Waals surface area contributed by atoms with Crippen LogP contribution in [0.25, 0.3) is 0 Å². The first kappa shape index (κ1) is 18.3. The SMILES string of the molecule is CCCNC(=O)c1cccc(NCc2cc([N+](=O)[O-])ccc2OC)c1. The number of benzene rings is 2. The van der Waals surface area contributed by atoms with Crippen molar-refractivity contribution in [2.75, 3.05) is 19.0 Å². The van der Waals surface area contributed by atoms with Crippen LogP contribution in [0.15, 0.2) is 42.5 Å². The van der Waals surface area contributed by atoms with Gasteiger partial charge in [-0.05, 0) is 30.7 Å². The van der Waals surface area contributed by atoms with Crippen LogP contribution in [-0.4, -0.2) is 24.5 Å². The van der Waals surface area contributed by atoms with Crippen LogP contribution in [0.3, 0.4) is 0 Å². The topological polar surface area (TPSA) is 93.5 Å². The molecular weight excluding hydrogens is 322 g/mol. The number of carbonyl (C=O) groups excluding carboxylic acids is 1. The van der Waals surface area contributed by atoms with Crippen LogP contribution in [0.4, 0.5) is 11.4 Å². The highest BCUT2D eigenvalue weighted by Crippen LogP contribution is 2.25. The van der Waals surface area contributed by atoms with Crippen molar-refractivity contribution in [1.29, 1.82) is 0 Å². The van der Waals surface area contributed by atoms with Crippen molar-refractivity contribution < 1.29 is 14.5 Å². The molecule has 25 heavy (non-hydrogen) atoms. The molecule has 0 saturated carbocycles. The van der Waals surface area contributed by atoms with Gasteiger partial charge in [0.05, 0.1) is 12.0 Å². The van der Waals surface area contributed by atoms with E-state index in [-0.39, 0.29) is 11.6 Å². The summed E-state index contributed by atoms with van der Waals surface area (Å²) in [5.74, 6) is 0.438. The second kappa shape index (κ2) is 8.68. The van der Waals surface area contributed by atoms with E-state index < -0.39 is 4.92 Å². The minimum Gasteiger partial charge on any atom is -0.496 e. The van der Waals surface area contributed by atoms with Gasteiger partial charge in [-0.15, -0.1) is 0 Å². The Hall–Kier alpha value is -3.09. The molecule has 0 fully saturated rings. The second-order valence-electron chi connectivity index (χ2n) is 5.44. The summed E-state index contributed by atoms with van der Waals surface area (Å²) in [5, 5.41) is 16.9. The Labute approximate surface area is 146 Å². The van der Waals surface area contributed by atoms with Crippen LogP contribution in [0.1, 0.15) is 29.3 Å². The number of nitrogens with zero attached hydrogens (tertiary/aromatic N) is 1. The number of methoxy groups -OCH3 is 1. The minimum atomic E-state index is -0.443. The molecule has 0 spiro atoms. The first-order valence-electron chi connectivity index (χ1n) is 7.98. The van der Waals surface area contributed by atoms with Crippen molar-refractivity contribution in [3.8, 4) is 5.75 Å². The number of hydrogen-bond donors (Lipinski definition) is 2. The Balaban J connectivity index is 2.12. The van der Waals surface area contributed by atoms with E-state index in [1.54, 1.807) is 24.3 Å². The molecule has 2 aromatic rings. The number of hydrogen-bond acceptors (Lipinski definition) is 5. The van der Waals surface area contributed by atoms with Crippen molar-refractivity contribution in [2.45, 2.75) is 19.9 Å². The van der Waals surface area contributed by atoms with Crippen LogP contribution in [-0.2, 0) is 6.54 Å². The Kier molecular flexibility index (Phi) is 6.33. The lowest BCUT2D eigenvalue weighted by Crippen LogP contribution is -2.23. The van der Waals surface area contributed by atoms with Crippen LogP contribution in [0.5, 0.6) is 5.75 Å². The fourth-order valence-corrected chi connectivity index (χ4v) is 2.32. The molecule has 0 aliphatic heterocycles. The zero-order valence-corrected chi connectivity index (χ0v) is 14.2. The average molecular weight is 343 g/mol. The highest BCUT2D eigenvalue weighted by atomic mass is 16.6. The maximum atomic E-state index is 12.0. The highest BCUT2D eigenvalue weighted by molar-refractivity contribution is 5.95. The van der Waals surface area contributed by atoms with Crippen LogP contribution in [0, 0.1) is 10.1 Å². The fraction of sp³-hybridized carbons (Fsp3) is 0.278. The molecule has 0 aliphatic carbocycles. The van der Waals surface area contributed by atoms with Gasteiger partial charge in [-0.3, -0.25) is 14.9 Å². The van der Waals surface area contributed by atoms with Gasteiger partial charge < -0.3 is 15.4 Å². The monoisotopic (exact) mass is 343 g/mol. The van der Waals surface area contributed by atoms with Crippen LogP contribution < -0.4 is 15.4 Å². The van der Waals surface area contributed by atoms with Gasteiger partial charge >= 0.3 is 0 Å². The van der Waals surface area contributed by atoms with E-state index in [1.807, 2.05) is 13.0 Å². The average Bonchev–Trinajstić information content (AvgIpc) is 2.64. The molecule has 132 valence electrons. The maximum Gasteiger partial charge on any atom is 0.270 e. The minimum absolute atomic E-state index is 0.00490. The van der Waals surface area contributed by atoms with Gasteiger partial charge in [0.25, 0.3) is 11.6 Å². The third-order valence-corrected chi connectivity index (χ3v) is 3.62. The van der Waals surface area contributed by atoms with E-state index in [1.165, 1.54) is 19.2 Å². The summed E-state index contributed by atoms with van der Waals surface area (Å²) in [6.45, 7) is 2.96. The zero-order chi connectivity index (χ0) is 18.2. The number of anilines is 1. The van der Waals surface area contributed by atoms with E-state index in [0.717, 1.165) is 12.1 Å². The van der Waals surface area contributed by atoms with E-state index in [9.17, 15) is 14.9 Å². The lowest BCUT2D eigenvalue weighted by Gasteiger charge is -2.11. The molecule has 7 nitrogen and oxygen atoms in total. The second-order valence-corrected chi connectivity index (χ2v) is 5.44. The molecule has 1 amide bonds. The molecule has 0 aliphatic rings. The van der Waals surface area contributed by atoms with Gasteiger partial charge in [0, 0.05) is 42.0 Å². The molecule has 7 heteroatoms. The Morgan fingerprint density at radius 3 is 2.72 bits per heavy atom. The summed E-state index contributed by atoms with van der Waals surface area (Å²) in [4.78, 5) is 22.5. The molecule has 0 radical (unpaired) electrons. The molecule has 2 aromatic carbocycles. The number of carbonyl (C=O) groups is 1. The Bertz CT molecular complexity index is 762. The van der Waals surface area contributed by atoms with Crippen LogP contribution >= 0.6 is 0 Å². The van der Waals surface area contributed by atoms with E-state index in [2.05, 4.69) is 10.6 Å². The van der Waals surface area contributed by atoms with Gasteiger partial charge in [0.2, 0.25) is 0 Å². The molecule has 0 bridgehead atoms. The third-order valence-electron chi connectivity index (χ3n) is 3.62. The van der Waals surface area contributed by atoms with Crippen molar-refractivity contribution in [1.82, 2.24) is 5.32 Å². The smallest absolute Gasteiger partial charge is 0.270 e. The summed E-state index contributed by atoms with van der Waals surface area (Å²) in [5.41, 5.74) is 1.98. The van der Waals surface area contributed by atoms with Crippen molar-refractivity contribution in [3.63, 3.8) is 0 Å². The quantitative estimate of drug-likeness (QED) is 0.566. The number of nitro groups is 1. The van der Waals surface area contributed by atoms with Gasteiger partial charge in [0.1, 0.15) is 5.75 Å². The predicted octanol–water partition coefficient (Wildman–Crippen LogP) is 3.36. The van der Waals surface area contributed by atoms with E-state index in [4.69, 9.17) is 4.74 Å². The van der Waals surface area contributed by atoms with Gasteiger partial charge in [0.15, 0.2) is 0 Å². The first-order chi connectivity index (χ1) is 12.0. The van der Waals surface area contributed by atoms with E-state index in [0.29, 0.717) is 30.0 Å². The number of ether oxygens (including phenoxy) is 1. The largest absolute Gasteiger partial charge is 0.496 e. The third kappa shape index (κ3) is 4.94. The molecule has 0 saturated heterocycles. The Morgan fingerprint density at radius 2 is 2.04 bits per heavy atom. The molecule has 2 rings (SSSR count). The number of non-ortho nitro benzene ring substituents is 1. The predicted molar refractivity (Wildman–Crippen MR) is 96.0 cm³/mol. The van der Waals surface area contributed by atoms with Crippen LogP contribution in [0.2, 0.25) is 0 Å². The lowest BCUT2D eigenvalue weighted by atomic mass is 10.1. The van der Waals surface area contributed by atoms with Crippen molar-refractivity contribution >= 4 is 17.3 Å². The molecule has 0 aromatic heterocycles. The van der Waals surface area contributed by atoms with Gasteiger partial charge in [-0.1, -0.05) is 13.0 Å². The molecule has 0 atom stereocenters. The number of nitrogens with one attached hydrogen (secondary N) is 2.